The van der Waals surface area contributed by atoms with Crippen LogP contribution in [0.4, 0.5) is 0 Å². The highest BCUT2D eigenvalue weighted by atomic mass is 16.3. The first-order chi connectivity index (χ1) is 14.4. The van der Waals surface area contributed by atoms with E-state index < -0.39 is 12.1 Å². The van der Waals surface area contributed by atoms with Gasteiger partial charge >= 0.3 is 0 Å². The Morgan fingerprint density at radius 1 is 1.17 bits per heavy atom. The molecular weight excluding hydrogens is 378 g/mol. The summed E-state index contributed by atoms with van der Waals surface area (Å²) in [5.41, 5.74) is 8.19. The molecule has 1 aromatic heterocycles. The van der Waals surface area contributed by atoms with Crippen LogP contribution in [-0.4, -0.2) is 28.1 Å². The van der Waals surface area contributed by atoms with Gasteiger partial charge in [0, 0.05) is 46.5 Å². The summed E-state index contributed by atoms with van der Waals surface area (Å²) < 4.78 is 0. The highest BCUT2D eigenvalue weighted by Crippen LogP contribution is 2.27. The second-order valence-electron chi connectivity index (χ2n) is 7.39. The van der Waals surface area contributed by atoms with Crippen molar-refractivity contribution in [2.45, 2.75) is 32.4 Å². The maximum atomic E-state index is 12.6. The molecule has 6 nitrogen and oxygen atoms in total. The third-order valence-electron chi connectivity index (χ3n) is 5.12. The van der Waals surface area contributed by atoms with Gasteiger partial charge in [-0.25, -0.2) is 0 Å². The Labute approximate surface area is 175 Å². The minimum absolute atomic E-state index is 0.302. The van der Waals surface area contributed by atoms with Gasteiger partial charge in [-0.3, -0.25) is 9.59 Å². The van der Waals surface area contributed by atoms with Gasteiger partial charge in [0.15, 0.2) is 0 Å². The summed E-state index contributed by atoms with van der Waals surface area (Å²) in [6, 6.07) is 14.6. The topological polar surface area (TPSA) is 108 Å². The van der Waals surface area contributed by atoms with E-state index in [1.807, 2.05) is 37.4 Å². The monoisotopic (exact) mass is 403 g/mol. The van der Waals surface area contributed by atoms with E-state index in [2.05, 4.69) is 22.1 Å². The van der Waals surface area contributed by atoms with Crippen LogP contribution >= 0.6 is 0 Å². The Kier molecular flexibility index (Phi) is 6.55. The zero-order valence-corrected chi connectivity index (χ0v) is 17.0. The molecule has 0 fully saturated rings. The van der Waals surface area contributed by atoms with Crippen LogP contribution in [0.1, 0.15) is 47.7 Å². The molecule has 2 amide bonds. The summed E-state index contributed by atoms with van der Waals surface area (Å²) in [4.78, 5) is 26.9. The minimum atomic E-state index is -1.05. The van der Waals surface area contributed by atoms with Crippen LogP contribution in [0.2, 0.25) is 0 Å². The Bertz CT molecular complexity index is 1120. The molecule has 0 aliphatic carbocycles. The average molecular weight is 403 g/mol. The normalized spacial score (nSPS) is 13.7. The van der Waals surface area contributed by atoms with Gasteiger partial charge in [0.1, 0.15) is 6.23 Å². The highest BCUT2D eigenvalue weighted by molar-refractivity contribution is 5.94. The lowest BCUT2D eigenvalue weighted by atomic mass is 9.98. The van der Waals surface area contributed by atoms with Crippen LogP contribution in [-0.2, 0) is 4.79 Å². The van der Waals surface area contributed by atoms with E-state index in [4.69, 9.17) is 5.73 Å². The molecule has 3 aromatic rings. The second-order valence-corrected chi connectivity index (χ2v) is 7.39. The molecule has 154 valence electrons. The Morgan fingerprint density at radius 2 is 1.93 bits per heavy atom. The first kappa shape index (κ1) is 21.2. The highest BCUT2D eigenvalue weighted by Gasteiger charge is 2.21. The van der Waals surface area contributed by atoms with Crippen molar-refractivity contribution < 1.29 is 14.7 Å². The number of para-hydroxylation sites is 1. The van der Waals surface area contributed by atoms with Gasteiger partial charge in [-0.05, 0) is 29.8 Å². The van der Waals surface area contributed by atoms with Gasteiger partial charge < -0.3 is 21.1 Å². The molecule has 2 aromatic carbocycles. The summed E-state index contributed by atoms with van der Waals surface area (Å²) in [5, 5.41) is 14.3. The van der Waals surface area contributed by atoms with E-state index >= 15 is 0 Å². The third kappa shape index (κ3) is 4.88. The molecule has 30 heavy (non-hydrogen) atoms. The fourth-order valence-electron chi connectivity index (χ4n) is 3.13. The van der Waals surface area contributed by atoms with E-state index in [1.54, 1.807) is 31.2 Å². The van der Waals surface area contributed by atoms with Crippen LogP contribution in [0.3, 0.4) is 0 Å². The lowest BCUT2D eigenvalue weighted by molar-refractivity contribution is -0.121. The number of H-pyrrole nitrogens is 1. The van der Waals surface area contributed by atoms with Crippen LogP contribution in [0, 0.1) is 17.8 Å². The first-order valence-corrected chi connectivity index (χ1v) is 9.80. The molecular formula is C24H25N3O3. The molecule has 0 aliphatic rings. The average Bonchev–Trinajstić information content (AvgIpc) is 3.17. The summed E-state index contributed by atoms with van der Waals surface area (Å²) in [7, 11) is 0. The van der Waals surface area contributed by atoms with Crippen molar-refractivity contribution in [3.63, 3.8) is 0 Å². The maximum absolute atomic E-state index is 12.6. The number of nitrogens with two attached hydrogens (primary N) is 1. The van der Waals surface area contributed by atoms with Crippen molar-refractivity contribution in [3.05, 3.63) is 71.4 Å². The fourth-order valence-corrected chi connectivity index (χ4v) is 3.13. The fraction of sp³-hybridized carbons (Fsp3) is 0.250. The van der Waals surface area contributed by atoms with Gasteiger partial charge in [0.05, 0.1) is 0 Å². The number of fused-ring (bicyclic) bond motifs is 1. The van der Waals surface area contributed by atoms with Crippen LogP contribution in [0.5, 0.6) is 0 Å². The molecule has 1 heterocycles. The molecule has 2 unspecified atom stereocenters. The van der Waals surface area contributed by atoms with E-state index in [1.165, 1.54) is 0 Å². The summed E-state index contributed by atoms with van der Waals surface area (Å²) in [6.07, 6.45) is 1.16. The van der Waals surface area contributed by atoms with Crippen LogP contribution in [0.15, 0.2) is 54.7 Å². The van der Waals surface area contributed by atoms with Crippen LogP contribution in [0.25, 0.3) is 10.9 Å². The van der Waals surface area contributed by atoms with Gasteiger partial charge in [-0.1, -0.05) is 50.0 Å². The summed E-state index contributed by atoms with van der Waals surface area (Å²) >= 11 is 0. The molecule has 0 bridgehead atoms. The zero-order valence-electron chi connectivity index (χ0n) is 17.0. The Hall–Kier alpha value is -3.56. The Morgan fingerprint density at radius 3 is 2.70 bits per heavy atom. The lowest BCUT2D eigenvalue weighted by Crippen LogP contribution is -2.38. The quantitative estimate of drug-likeness (QED) is 0.375. The molecule has 0 spiro atoms. The molecule has 5 N–H and O–H groups in total. The zero-order chi connectivity index (χ0) is 21.7. The number of aromatic nitrogens is 1. The van der Waals surface area contributed by atoms with E-state index in [0.717, 1.165) is 16.5 Å². The van der Waals surface area contributed by atoms with E-state index in [9.17, 15) is 14.7 Å². The number of primary amides is 1. The van der Waals surface area contributed by atoms with Crippen molar-refractivity contribution in [1.82, 2.24) is 10.3 Å². The van der Waals surface area contributed by atoms with E-state index in [-0.39, 0.29) is 17.7 Å². The molecule has 0 saturated heterocycles. The second kappa shape index (κ2) is 9.29. The number of hydrogen-bond donors (Lipinski definition) is 4. The van der Waals surface area contributed by atoms with E-state index in [0.29, 0.717) is 17.5 Å². The van der Waals surface area contributed by atoms with Crippen molar-refractivity contribution in [2.24, 2.45) is 11.7 Å². The van der Waals surface area contributed by atoms with Gasteiger partial charge in [-0.2, -0.15) is 0 Å². The first-order valence-electron chi connectivity index (χ1n) is 9.80. The molecule has 6 heteroatoms. The predicted octanol–water partition coefficient (Wildman–Crippen LogP) is 2.88. The maximum Gasteiger partial charge on any atom is 0.253 e. The number of aliphatic hydroxyl groups is 1. The predicted molar refractivity (Wildman–Crippen MR) is 116 cm³/mol. The van der Waals surface area contributed by atoms with Gasteiger partial charge in [0.25, 0.3) is 5.91 Å². The third-order valence-corrected chi connectivity index (χ3v) is 5.12. The lowest BCUT2D eigenvalue weighted by Gasteiger charge is -2.20. The summed E-state index contributed by atoms with van der Waals surface area (Å²) in [6.45, 7) is 3.58. The SMILES string of the molecule is CC(CC#Cc1cccc(C(=O)N[C@H](O)C(C)c2c[nH]c3ccccc23)c1)C(N)=O. The number of benzene rings is 2. The number of carbonyl (C=O) groups excluding carboxylic acids is 2. The number of hydrogen-bond acceptors (Lipinski definition) is 3. The summed E-state index contributed by atoms with van der Waals surface area (Å²) in [5.74, 6) is 4.44. The number of nitrogens with one attached hydrogen (secondary N) is 2. The number of rotatable bonds is 6. The number of aliphatic hydroxyl groups excluding tert-OH is 1. The van der Waals surface area contributed by atoms with Crippen molar-refractivity contribution in [1.29, 1.82) is 0 Å². The largest absolute Gasteiger partial charge is 0.373 e. The number of aromatic amines is 1. The number of amides is 2. The standard InChI is InChI=1S/C24H25N3O3/c1-15(22(25)28)7-5-8-17-9-6-10-18(13-17)24(30)27-23(29)16(2)20-14-26-21-12-4-3-11-19(20)21/h3-4,6,9-16,23,26,29H,7H2,1-2H3,(H2,25,28)(H,27,30)/t15?,16?,23-/m1/s1. The van der Waals surface area contributed by atoms with Gasteiger partial charge in [0.2, 0.25) is 5.91 Å². The molecule has 0 radical (unpaired) electrons. The number of carbonyl (C=O) groups is 2. The van der Waals surface area contributed by atoms with Crippen molar-refractivity contribution in [3.8, 4) is 11.8 Å². The molecule has 0 saturated carbocycles. The molecule has 3 atom stereocenters. The molecule has 3 rings (SSSR count). The van der Waals surface area contributed by atoms with Crippen LogP contribution < -0.4 is 11.1 Å². The smallest absolute Gasteiger partial charge is 0.253 e. The molecule has 0 aliphatic heterocycles. The minimum Gasteiger partial charge on any atom is -0.373 e. The van der Waals surface area contributed by atoms with Crippen molar-refractivity contribution in [2.75, 3.05) is 0 Å². The van der Waals surface area contributed by atoms with Gasteiger partial charge in [-0.15, -0.1) is 0 Å². The van der Waals surface area contributed by atoms with Crippen molar-refractivity contribution >= 4 is 22.7 Å². The Balaban J connectivity index is 1.68.